The normalized spacial score (nSPS) is 15.2. The third kappa shape index (κ3) is 4.33. The number of carbonyl (C=O) groups is 1. The monoisotopic (exact) mass is 549 g/mol. The largest absolute Gasteiger partial charge is 0.479 e. The highest BCUT2D eigenvalue weighted by atomic mass is 32.3. The summed E-state index contributed by atoms with van der Waals surface area (Å²) in [7, 11) is -2.33. The molecule has 0 radical (unpaired) electrons. The second-order valence-corrected chi connectivity index (χ2v) is 11.3. The minimum absolute atomic E-state index is 0.0722. The number of halogens is 1. The Morgan fingerprint density at radius 3 is 2.74 bits per heavy atom. The molecule has 8 bridgehead atoms. The van der Waals surface area contributed by atoms with Gasteiger partial charge in [0.15, 0.2) is 0 Å². The van der Waals surface area contributed by atoms with Gasteiger partial charge in [0.05, 0.1) is 27.8 Å². The number of benzene rings is 1. The molecule has 1 aromatic carbocycles. The van der Waals surface area contributed by atoms with E-state index in [0.717, 1.165) is 38.4 Å². The summed E-state index contributed by atoms with van der Waals surface area (Å²) in [6.45, 7) is 0.0925. The molecule has 12 heteroatoms. The fraction of sp³-hybridized carbons (Fsp3) is 0.0769. The highest BCUT2D eigenvalue weighted by Gasteiger charge is 2.23. The van der Waals surface area contributed by atoms with Gasteiger partial charge in [-0.1, -0.05) is 10.8 Å². The standard InChI is InChI=1S/C26H20FN5O4S2/c1-36-26-22-7-16(13-31-26)23-9-21-24(37-23)18(4-5-29-21)15-6-14(10-28-12-15)11-30-25(33)19-8-17(2-3-20(19)27)38(34,35)32-22/h2-10,12-13,32,34-35H,11H2,1H3,(H,30,33). The highest BCUT2D eigenvalue weighted by Crippen LogP contribution is 2.50. The van der Waals surface area contributed by atoms with E-state index in [9.17, 15) is 18.3 Å². The number of hydrogen-bond acceptors (Lipinski definition) is 9. The average molecular weight is 550 g/mol. The Hall–Kier alpha value is -4.10. The zero-order valence-corrected chi connectivity index (χ0v) is 21.4. The maximum absolute atomic E-state index is 14.6. The van der Waals surface area contributed by atoms with Crippen LogP contribution in [0, 0.1) is 5.82 Å². The lowest BCUT2D eigenvalue weighted by atomic mass is 10.1. The molecule has 1 aliphatic heterocycles. The van der Waals surface area contributed by atoms with Crippen LogP contribution in [0.4, 0.5) is 10.1 Å². The number of nitrogens with one attached hydrogen (secondary N) is 2. The van der Waals surface area contributed by atoms with Crippen molar-refractivity contribution in [3.63, 3.8) is 0 Å². The van der Waals surface area contributed by atoms with Crippen LogP contribution in [0.25, 0.3) is 31.8 Å². The Balaban J connectivity index is 1.57. The van der Waals surface area contributed by atoms with Crippen LogP contribution < -0.4 is 14.8 Å². The number of ether oxygens (including phenoxy) is 1. The van der Waals surface area contributed by atoms with Gasteiger partial charge >= 0.3 is 0 Å². The first-order valence-electron chi connectivity index (χ1n) is 11.3. The highest BCUT2D eigenvalue weighted by molar-refractivity contribution is 8.25. The van der Waals surface area contributed by atoms with Gasteiger partial charge in [-0.25, -0.2) is 9.37 Å². The van der Waals surface area contributed by atoms with Gasteiger partial charge in [0, 0.05) is 52.9 Å². The summed E-state index contributed by atoms with van der Waals surface area (Å²) in [6.07, 6.45) is 6.71. The van der Waals surface area contributed by atoms with Crippen LogP contribution in [0.15, 0.2) is 72.1 Å². The van der Waals surface area contributed by atoms with Crippen molar-refractivity contribution in [1.29, 1.82) is 0 Å². The number of fused-ring (bicyclic) bond motifs is 9. The molecule has 5 heterocycles. The molecule has 0 atom stereocenters. The molecule has 0 saturated carbocycles. The zero-order chi connectivity index (χ0) is 26.4. The van der Waals surface area contributed by atoms with Crippen LogP contribution in [0.5, 0.6) is 5.88 Å². The van der Waals surface area contributed by atoms with Gasteiger partial charge in [-0.15, -0.1) is 11.3 Å². The first kappa shape index (κ1) is 24.2. The maximum Gasteiger partial charge on any atom is 0.254 e. The molecular weight excluding hydrogens is 529 g/mol. The van der Waals surface area contributed by atoms with Crippen LogP contribution >= 0.6 is 22.1 Å². The van der Waals surface area contributed by atoms with E-state index in [4.69, 9.17) is 4.74 Å². The first-order valence-corrected chi connectivity index (χ1v) is 13.7. The Labute approximate surface area is 221 Å². The predicted octanol–water partition coefficient (Wildman–Crippen LogP) is 5.95. The Bertz CT molecular complexity index is 1730. The van der Waals surface area contributed by atoms with Crippen molar-refractivity contribution < 1.29 is 23.0 Å². The number of nitrogens with zero attached hydrogens (tertiary/aromatic N) is 3. The molecule has 0 spiro atoms. The average Bonchev–Trinajstić information content (AvgIpc) is 3.36. The number of carbonyl (C=O) groups excluding carboxylic acids is 1. The number of thiophene rings is 1. The molecule has 192 valence electrons. The van der Waals surface area contributed by atoms with Crippen molar-refractivity contribution in [2.45, 2.75) is 11.4 Å². The van der Waals surface area contributed by atoms with E-state index in [0.29, 0.717) is 11.1 Å². The van der Waals surface area contributed by atoms with Gasteiger partial charge in [-0.3, -0.25) is 28.6 Å². The molecule has 0 fully saturated rings. The Kier molecular flexibility index (Phi) is 5.95. The molecule has 9 nitrogen and oxygen atoms in total. The van der Waals surface area contributed by atoms with E-state index in [1.807, 2.05) is 18.2 Å². The van der Waals surface area contributed by atoms with Crippen molar-refractivity contribution >= 4 is 43.9 Å². The summed E-state index contributed by atoms with van der Waals surface area (Å²) in [6, 6.07) is 10.8. The summed E-state index contributed by atoms with van der Waals surface area (Å²) in [5.74, 6) is -1.37. The molecular formula is C26H20FN5O4S2. The summed E-state index contributed by atoms with van der Waals surface area (Å²) >= 11 is 1.51. The van der Waals surface area contributed by atoms with Crippen LogP contribution in [0.2, 0.25) is 0 Å². The van der Waals surface area contributed by atoms with Gasteiger partial charge in [0.2, 0.25) is 5.88 Å². The number of hydrogen-bond donors (Lipinski definition) is 4. The third-order valence-electron chi connectivity index (χ3n) is 6.06. The zero-order valence-electron chi connectivity index (χ0n) is 19.8. The lowest BCUT2D eigenvalue weighted by Gasteiger charge is -2.34. The first-order chi connectivity index (χ1) is 18.3. The van der Waals surface area contributed by atoms with Gasteiger partial charge in [0.1, 0.15) is 11.5 Å². The molecule has 0 aliphatic carbocycles. The number of aromatic nitrogens is 3. The summed E-state index contributed by atoms with van der Waals surface area (Å²) < 4.78 is 45.6. The van der Waals surface area contributed by atoms with Crippen LogP contribution in [0.3, 0.4) is 0 Å². The minimum atomic E-state index is -3.74. The predicted molar refractivity (Wildman–Crippen MR) is 145 cm³/mol. The molecule has 38 heavy (non-hydrogen) atoms. The second-order valence-electron chi connectivity index (χ2n) is 8.52. The van der Waals surface area contributed by atoms with Gasteiger partial charge in [-0.2, -0.15) is 0 Å². The molecule has 5 aromatic rings. The fourth-order valence-corrected chi connectivity index (χ4v) is 6.45. The van der Waals surface area contributed by atoms with Gasteiger partial charge in [-0.05, 0) is 48.0 Å². The number of pyridine rings is 3. The van der Waals surface area contributed by atoms with Crippen molar-refractivity contribution in [2.75, 3.05) is 11.8 Å². The van der Waals surface area contributed by atoms with E-state index >= 15 is 0 Å². The summed E-state index contributed by atoms with van der Waals surface area (Å²) in [5, 5.41) is 2.69. The van der Waals surface area contributed by atoms with E-state index in [2.05, 4.69) is 25.0 Å². The van der Waals surface area contributed by atoms with Gasteiger partial charge in [0.25, 0.3) is 5.91 Å². The third-order valence-corrected chi connectivity index (χ3v) is 8.69. The van der Waals surface area contributed by atoms with E-state index in [-0.39, 0.29) is 28.6 Å². The number of anilines is 1. The SMILES string of the molecule is COc1ncc2cc1NS(O)(O)c1ccc(F)c(c1)C(=O)NCc1cncc(c1)-c1ccnc3cc-2sc13. The number of amides is 1. The molecule has 6 rings (SSSR count). The topological polar surface area (TPSA) is 129 Å². The number of rotatable bonds is 1. The fourth-order valence-electron chi connectivity index (χ4n) is 4.21. The maximum atomic E-state index is 14.6. The van der Waals surface area contributed by atoms with Crippen LogP contribution in [0.1, 0.15) is 15.9 Å². The van der Waals surface area contributed by atoms with Crippen molar-refractivity contribution in [3.8, 4) is 27.4 Å². The van der Waals surface area contributed by atoms with Crippen molar-refractivity contribution in [1.82, 2.24) is 20.3 Å². The summed E-state index contributed by atoms with van der Waals surface area (Å²) in [5.41, 5.74) is 3.84. The van der Waals surface area contributed by atoms with E-state index in [1.165, 1.54) is 24.5 Å². The lowest BCUT2D eigenvalue weighted by Crippen LogP contribution is -2.24. The minimum Gasteiger partial charge on any atom is -0.479 e. The van der Waals surface area contributed by atoms with Gasteiger partial charge < -0.3 is 10.1 Å². The molecule has 0 saturated heterocycles. The summed E-state index contributed by atoms with van der Waals surface area (Å²) in [4.78, 5) is 26.9. The molecule has 4 N–H and O–H groups in total. The van der Waals surface area contributed by atoms with Crippen molar-refractivity contribution in [2.24, 2.45) is 0 Å². The van der Waals surface area contributed by atoms with Crippen LogP contribution in [-0.2, 0) is 6.54 Å². The van der Waals surface area contributed by atoms with E-state index in [1.54, 1.807) is 30.9 Å². The second kappa shape index (κ2) is 9.33. The Morgan fingerprint density at radius 2 is 1.89 bits per heavy atom. The molecule has 1 aliphatic rings. The quantitative estimate of drug-likeness (QED) is 0.202. The van der Waals surface area contributed by atoms with E-state index < -0.39 is 22.5 Å². The smallest absolute Gasteiger partial charge is 0.254 e. The number of methoxy groups -OCH3 is 1. The lowest BCUT2D eigenvalue weighted by molar-refractivity contribution is 0.0946. The molecule has 0 unspecified atom stereocenters. The van der Waals surface area contributed by atoms with Crippen molar-refractivity contribution in [3.05, 3.63) is 84.2 Å². The Morgan fingerprint density at radius 1 is 1.03 bits per heavy atom. The molecule has 4 aromatic heterocycles. The molecule has 1 amide bonds. The van der Waals surface area contributed by atoms with Crippen LogP contribution in [-0.4, -0.2) is 37.1 Å².